The van der Waals surface area contributed by atoms with Gasteiger partial charge >= 0.3 is 0 Å². The van der Waals surface area contributed by atoms with Crippen LogP contribution >= 0.6 is 15.9 Å². The topological polar surface area (TPSA) is 35.5 Å². The Bertz CT molecular complexity index is 432. The van der Waals surface area contributed by atoms with E-state index in [0.29, 0.717) is 12.0 Å². The number of halogens is 1. The Morgan fingerprint density at radius 1 is 1.47 bits per heavy atom. The maximum Gasteiger partial charge on any atom is 0.0546 e. The van der Waals surface area contributed by atoms with Gasteiger partial charge in [-0.3, -0.25) is 0 Å². The first kappa shape index (κ1) is 14.8. The monoisotopic (exact) mass is 326 g/mol. The van der Waals surface area contributed by atoms with Crippen molar-refractivity contribution < 1.29 is 5.11 Å². The lowest BCUT2D eigenvalue weighted by molar-refractivity contribution is 0.0464. The van der Waals surface area contributed by atoms with Crippen LogP contribution in [0.25, 0.3) is 0 Å². The van der Waals surface area contributed by atoms with Gasteiger partial charge in [0.1, 0.15) is 0 Å². The lowest BCUT2D eigenvalue weighted by Crippen LogP contribution is -2.37. The maximum absolute atomic E-state index is 9.39. The van der Waals surface area contributed by atoms with Crippen molar-refractivity contribution in [2.75, 3.05) is 25.5 Å². The Hall–Kier alpha value is -0.580. The van der Waals surface area contributed by atoms with E-state index in [1.165, 1.54) is 11.3 Å². The number of rotatable bonds is 5. The molecule has 1 unspecified atom stereocenters. The summed E-state index contributed by atoms with van der Waals surface area (Å²) in [6.07, 6.45) is 1.81. The molecule has 1 aliphatic rings. The van der Waals surface area contributed by atoms with E-state index in [4.69, 9.17) is 0 Å². The number of aliphatic hydroxyl groups is 1. The third-order valence-electron chi connectivity index (χ3n) is 4.05. The molecule has 0 amide bonds. The zero-order valence-corrected chi connectivity index (χ0v) is 13.4. The smallest absolute Gasteiger partial charge is 0.0546 e. The SMILES string of the molecule is CNC(C)c1ccc(Br)cc1N(C)CC1CC(O)C1. The first-order valence-electron chi connectivity index (χ1n) is 6.87. The fraction of sp³-hybridized carbons (Fsp3) is 0.600. The van der Waals surface area contributed by atoms with Crippen LogP contribution in [0.4, 0.5) is 5.69 Å². The van der Waals surface area contributed by atoms with Gasteiger partial charge in [-0.05, 0) is 50.4 Å². The van der Waals surface area contributed by atoms with Gasteiger partial charge in [0.25, 0.3) is 0 Å². The first-order chi connectivity index (χ1) is 9.01. The van der Waals surface area contributed by atoms with Gasteiger partial charge < -0.3 is 15.3 Å². The first-order valence-corrected chi connectivity index (χ1v) is 7.66. The van der Waals surface area contributed by atoms with Gasteiger partial charge in [-0.15, -0.1) is 0 Å². The molecule has 0 radical (unpaired) electrons. The van der Waals surface area contributed by atoms with Crippen molar-refractivity contribution in [1.82, 2.24) is 5.32 Å². The summed E-state index contributed by atoms with van der Waals surface area (Å²) in [4.78, 5) is 2.31. The molecular weight excluding hydrogens is 304 g/mol. The lowest BCUT2D eigenvalue weighted by atomic mass is 9.82. The van der Waals surface area contributed by atoms with Gasteiger partial charge in [-0.2, -0.15) is 0 Å². The second kappa shape index (κ2) is 6.25. The zero-order valence-electron chi connectivity index (χ0n) is 11.9. The van der Waals surface area contributed by atoms with Crippen LogP contribution in [0.1, 0.15) is 31.4 Å². The molecule has 1 aliphatic carbocycles. The minimum atomic E-state index is -0.0726. The van der Waals surface area contributed by atoms with Crippen LogP contribution in [-0.2, 0) is 0 Å². The van der Waals surface area contributed by atoms with Gasteiger partial charge in [0.15, 0.2) is 0 Å². The molecule has 0 aromatic heterocycles. The van der Waals surface area contributed by atoms with E-state index in [1.807, 2.05) is 7.05 Å². The number of nitrogens with zero attached hydrogens (tertiary/aromatic N) is 1. The Morgan fingerprint density at radius 2 is 2.16 bits per heavy atom. The molecule has 0 heterocycles. The zero-order chi connectivity index (χ0) is 14.0. The normalized spacial score (nSPS) is 23.8. The van der Waals surface area contributed by atoms with E-state index in [9.17, 15) is 5.11 Å². The van der Waals surface area contributed by atoms with Gasteiger partial charge in [-0.25, -0.2) is 0 Å². The highest BCUT2D eigenvalue weighted by Gasteiger charge is 2.28. The summed E-state index contributed by atoms with van der Waals surface area (Å²) in [5.41, 5.74) is 2.57. The predicted octanol–water partition coefficient (Wildman–Crippen LogP) is 2.94. The molecule has 106 valence electrons. The van der Waals surface area contributed by atoms with Gasteiger partial charge in [-0.1, -0.05) is 22.0 Å². The Labute approximate surface area is 124 Å². The minimum Gasteiger partial charge on any atom is -0.393 e. The van der Waals surface area contributed by atoms with Gasteiger partial charge in [0, 0.05) is 29.8 Å². The molecule has 19 heavy (non-hydrogen) atoms. The molecule has 0 spiro atoms. The Morgan fingerprint density at radius 3 is 2.74 bits per heavy atom. The average molecular weight is 327 g/mol. The van der Waals surface area contributed by atoms with Crippen LogP contribution in [-0.4, -0.2) is 31.9 Å². The van der Waals surface area contributed by atoms with E-state index in [2.05, 4.69) is 58.3 Å². The van der Waals surface area contributed by atoms with Crippen LogP contribution in [0.5, 0.6) is 0 Å². The molecule has 4 heteroatoms. The summed E-state index contributed by atoms with van der Waals surface area (Å²) in [6, 6.07) is 6.77. The van der Waals surface area contributed by atoms with E-state index in [1.54, 1.807) is 0 Å². The summed E-state index contributed by atoms with van der Waals surface area (Å²) in [5, 5.41) is 12.7. The Balaban J connectivity index is 2.14. The van der Waals surface area contributed by atoms with Crippen LogP contribution in [0.3, 0.4) is 0 Å². The molecular formula is C15H23BrN2O. The largest absolute Gasteiger partial charge is 0.393 e. The molecule has 2 N–H and O–H groups in total. The third kappa shape index (κ3) is 3.50. The van der Waals surface area contributed by atoms with Crippen LogP contribution in [0.15, 0.2) is 22.7 Å². The summed E-state index contributed by atoms with van der Waals surface area (Å²) in [5.74, 6) is 0.622. The van der Waals surface area contributed by atoms with Crippen molar-refractivity contribution in [3.05, 3.63) is 28.2 Å². The summed E-state index contributed by atoms with van der Waals surface area (Å²) >= 11 is 3.56. The fourth-order valence-electron chi connectivity index (χ4n) is 2.70. The Kier molecular flexibility index (Phi) is 4.87. The van der Waals surface area contributed by atoms with Gasteiger partial charge in [0.05, 0.1) is 6.10 Å². The standard InChI is InChI=1S/C15H23BrN2O/c1-10(17-2)14-5-4-12(16)8-15(14)18(3)9-11-6-13(19)7-11/h4-5,8,10-11,13,17,19H,6-7,9H2,1-3H3. The van der Waals surface area contributed by atoms with E-state index in [-0.39, 0.29) is 6.10 Å². The number of hydrogen-bond donors (Lipinski definition) is 2. The summed E-state index contributed by atoms with van der Waals surface area (Å²) in [7, 11) is 4.12. The van der Waals surface area contributed by atoms with Crippen LogP contribution in [0, 0.1) is 5.92 Å². The lowest BCUT2D eigenvalue weighted by Gasteiger charge is -2.36. The number of aliphatic hydroxyl groups excluding tert-OH is 1. The van der Waals surface area contributed by atoms with Crippen LogP contribution < -0.4 is 10.2 Å². The number of hydrogen-bond acceptors (Lipinski definition) is 3. The van der Waals surface area contributed by atoms with E-state index >= 15 is 0 Å². The van der Waals surface area contributed by atoms with Crippen molar-refractivity contribution >= 4 is 21.6 Å². The second-order valence-electron chi connectivity index (χ2n) is 5.59. The average Bonchev–Trinajstić information content (AvgIpc) is 2.35. The van der Waals surface area contributed by atoms with Crippen molar-refractivity contribution in [2.24, 2.45) is 5.92 Å². The highest BCUT2D eigenvalue weighted by atomic mass is 79.9. The van der Waals surface area contributed by atoms with Crippen molar-refractivity contribution in [3.8, 4) is 0 Å². The molecule has 1 fully saturated rings. The summed E-state index contributed by atoms with van der Waals surface area (Å²) < 4.78 is 1.11. The van der Waals surface area contributed by atoms with Crippen molar-refractivity contribution in [1.29, 1.82) is 0 Å². The number of benzene rings is 1. The summed E-state index contributed by atoms with van der Waals surface area (Å²) in [6.45, 7) is 3.19. The number of anilines is 1. The number of nitrogens with one attached hydrogen (secondary N) is 1. The van der Waals surface area contributed by atoms with Crippen molar-refractivity contribution in [3.63, 3.8) is 0 Å². The molecule has 0 bridgehead atoms. The fourth-order valence-corrected chi connectivity index (χ4v) is 3.05. The maximum atomic E-state index is 9.39. The van der Waals surface area contributed by atoms with Crippen LogP contribution in [0.2, 0.25) is 0 Å². The van der Waals surface area contributed by atoms with Gasteiger partial charge in [0.2, 0.25) is 0 Å². The molecule has 1 atom stereocenters. The molecule has 1 aromatic carbocycles. The predicted molar refractivity (Wildman–Crippen MR) is 83.6 cm³/mol. The minimum absolute atomic E-state index is 0.0726. The van der Waals surface area contributed by atoms with E-state index in [0.717, 1.165) is 23.9 Å². The molecule has 2 rings (SSSR count). The molecule has 0 saturated heterocycles. The third-order valence-corrected chi connectivity index (χ3v) is 4.54. The second-order valence-corrected chi connectivity index (χ2v) is 6.50. The van der Waals surface area contributed by atoms with E-state index < -0.39 is 0 Å². The molecule has 3 nitrogen and oxygen atoms in total. The molecule has 1 saturated carbocycles. The molecule has 0 aliphatic heterocycles. The molecule has 1 aromatic rings. The van der Waals surface area contributed by atoms with Crippen molar-refractivity contribution in [2.45, 2.75) is 31.9 Å². The quantitative estimate of drug-likeness (QED) is 0.873. The highest BCUT2D eigenvalue weighted by Crippen LogP contribution is 2.33. The highest BCUT2D eigenvalue weighted by molar-refractivity contribution is 9.10.